The maximum absolute atomic E-state index is 12.1. The van der Waals surface area contributed by atoms with E-state index in [0.717, 1.165) is 48.3 Å². The van der Waals surface area contributed by atoms with Gasteiger partial charge >= 0.3 is 0 Å². The normalized spacial score (nSPS) is 10.5. The molecule has 0 saturated heterocycles. The van der Waals surface area contributed by atoms with E-state index in [9.17, 15) is 4.79 Å². The lowest BCUT2D eigenvalue weighted by Crippen LogP contribution is -2.13. The summed E-state index contributed by atoms with van der Waals surface area (Å²) in [6.07, 6.45) is 2.88. The third kappa shape index (κ3) is 3.14. The van der Waals surface area contributed by atoms with Gasteiger partial charge < -0.3 is 10.3 Å². The van der Waals surface area contributed by atoms with Crippen molar-refractivity contribution in [1.82, 2.24) is 4.57 Å². The molecule has 120 valence electrons. The van der Waals surface area contributed by atoms with Crippen LogP contribution in [0.2, 0.25) is 0 Å². The average molecular weight is 309 g/mol. The van der Waals surface area contributed by atoms with Crippen molar-refractivity contribution in [2.24, 2.45) is 5.73 Å². The van der Waals surface area contributed by atoms with E-state index < -0.39 is 5.91 Å². The van der Waals surface area contributed by atoms with Crippen molar-refractivity contribution in [3.63, 3.8) is 0 Å². The smallest absolute Gasteiger partial charge is 0.251 e. The summed E-state index contributed by atoms with van der Waals surface area (Å²) in [5, 5.41) is 8.97. The molecule has 0 saturated carbocycles. The Bertz CT molecular complexity index is 748. The van der Waals surface area contributed by atoms with Crippen molar-refractivity contribution < 1.29 is 4.79 Å². The maximum atomic E-state index is 12.1. The van der Waals surface area contributed by atoms with E-state index in [4.69, 9.17) is 11.0 Å². The summed E-state index contributed by atoms with van der Waals surface area (Å²) in [4.78, 5) is 12.1. The molecule has 0 bridgehead atoms. The number of rotatable bonds is 6. The average Bonchev–Trinajstić information content (AvgIpc) is 2.81. The Kier molecular flexibility index (Phi) is 5.23. The van der Waals surface area contributed by atoms with E-state index in [1.165, 1.54) is 0 Å². The van der Waals surface area contributed by atoms with Gasteiger partial charge in [-0.3, -0.25) is 4.79 Å². The van der Waals surface area contributed by atoms with Gasteiger partial charge in [0.05, 0.1) is 17.2 Å². The molecule has 0 spiro atoms. The van der Waals surface area contributed by atoms with Crippen LogP contribution in [-0.2, 0) is 13.0 Å². The van der Waals surface area contributed by atoms with Gasteiger partial charge in [-0.05, 0) is 37.5 Å². The molecule has 0 fully saturated rings. The van der Waals surface area contributed by atoms with Gasteiger partial charge in [-0.2, -0.15) is 5.26 Å². The third-order valence-electron chi connectivity index (χ3n) is 4.11. The number of nitrogens with zero attached hydrogens (tertiary/aromatic N) is 2. The van der Waals surface area contributed by atoms with Crippen molar-refractivity contribution in [1.29, 1.82) is 5.26 Å². The van der Waals surface area contributed by atoms with E-state index >= 15 is 0 Å². The zero-order valence-corrected chi connectivity index (χ0v) is 14.0. The van der Waals surface area contributed by atoms with Gasteiger partial charge in [0.1, 0.15) is 0 Å². The summed E-state index contributed by atoms with van der Waals surface area (Å²) in [6, 6.07) is 9.48. The number of primary amides is 1. The van der Waals surface area contributed by atoms with Crippen LogP contribution in [0.15, 0.2) is 24.3 Å². The number of hydrogen-bond acceptors (Lipinski definition) is 2. The fourth-order valence-corrected chi connectivity index (χ4v) is 3.14. The summed E-state index contributed by atoms with van der Waals surface area (Å²) in [5.41, 5.74) is 10.8. The van der Waals surface area contributed by atoms with Crippen LogP contribution < -0.4 is 5.73 Å². The zero-order valence-electron chi connectivity index (χ0n) is 14.0. The second kappa shape index (κ2) is 7.15. The van der Waals surface area contributed by atoms with E-state index in [2.05, 4.69) is 24.5 Å². The van der Waals surface area contributed by atoms with Gasteiger partial charge in [-0.25, -0.2) is 0 Å². The molecular formula is C19H23N3O. The van der Waals surface area contributed by atoms with Crippen molar-refractivity contribution in [3.05, 3.63) is 46.8 Å². The molecule has 0 aliphatic carbocycles. The fraction of sp³-hybridized carbons (Fsp3) is 0.368. The minimum Gasteiger partial charge on any atom is -0.366 e. The number of nitrogens with two attached hydrogens (primary N) is 1. The lowest BCUT2D eigenvalue weighted by molar-refractivity contribution is 0.1000. The molecule has 0 aliphatic heterocycles. The van der Waals surface area contributed by atoms with Gasteiger partial charge in [0.15, 0.2) is 0 Å². The molecule has 1 aromatic carbocycles. The van der Waals surface area contributed by atoms with Crippen LogP contribution in [0.4, 0.5) is 0 Å². The van der Waals surface area contributed by atoms with Gasteiger partial charge in [0.25, 0.3) is 5.91 Å². The van der Waals surface area contributed by atoms with Crippen LogP contribution in [0.25, 0.3) is 11.1 Å². The second-order valence-corrected chi connectivity index (χ2v) is 5.74. The molecule has 1 aromatic heterocycles. The van der Waals surface area contributed by atoms with E-state index in [1.807, 2.05) is 19.1 Å². The van der Waals surface area contributed by atoms with Crippen LogP contribution >= 0.6 is 0 Å². The molecular weight excluding hydrogens is 286 g/mol. The Morgan fingerprint density at radius 2 is 1.87 bits per heavy atom. The number of hydrogen-bond donors (Lipinski definition) is 1. The summed E-state index contributed by atoms with van der Waals surface area (Å²) in [6.45, 7) is 7.09. The first kappa shape index (κ1) is 16.8. The zero-order chi connectivity index (χ0) is 17.0. The molecule has 0 unspecified atom stereocenters. The van der Waals surface area contributed by atoms with E-state index in [-0.39, 0.29) is 0 Å². The Morgan fingerprint density at radius 3 is 2.35 bits per heavy atom. The Balaban J connectivity index is 2.74. The first-order chi connectivity index (χ1) is 11.0. The summed E-state index contributed by atoms with van der Waals surface area (Å²) >= 11 is 0. The van der Waals surface area contributed by atoms with Gasteiger partial charge in [-0.1, -0.05) is 32.4 Å². The minimum absolute atomic E-state index is 0.394. The predicted molar refractivity (Wildman–Crippen MR) is 92.1 cm³/mol. The quantitative estimate of drug-likeness (QED) is 0.881. The molecule has 2 N–H and O–H groups in total. The van der Waals surface area contributed by atoms with Gasteiger partial charge in [0, 0.05) is 23.5 Å². The molecule has 1 amide bonds. The van der Waals surface area contributed by atoms with Crippen molar-refractivity contribution in [2.45, 2.75) is 46.6 Å². The number of benzene rings is 1. The lowest BCUT2D eigenvalue weighted by atomic mass is 9.97. The predicted octanol–water partition coefficient (Wildman–Crippen LogP) is 3.80. The number of carbonyl (C=O) groups is 1. The van der Waals surface area contributed by atoms with Crippen LogP contribution in [0.3, 0.4) is 0 Å². The standard InChI is InChI=1S/C19H23N3O/c1-4-6-16-18(15-9-7-14(12-20)8-10-15)17(19(21)23)13(3)22(16)11-5-2/h7-10H,4-6,11H2,1-3H3,(H2,21,23). The highest BCUT2D eigenvalue weighted by atomic mass is 16.1. The lowest BCUT2D eigenvalue weighted by Gasteiger charge is -2.11. The highest BCUT2D eigenvalue weighted by Gasteiger charge is 2.23. The van der Waals surface area contributed by atoms with E-state index in [1.54, 1.807) is 12.1 Å². The Hall–Kier alpha value is -2.54. The minimum atomic E-state index is -0.394. The number of aromatic nitrogens is 1. The molecule has 0 radical (unpaired) electrons. The second-order valence-electron chi connectivity index (χ2n) is 5.74. The van der Waals surface area contributed by atoms with Gasteiger partial charge in [0.2, 0.25) is 0 Å². The molecule has 23 heavy (non-hydrogen) atoms. The SMILES string of the molecule is CCCc1c(-c2ccc(C#N)cc2)c(C(N)=O)c(C)n1CCC. The van der Waals surface area contributed by atoms with Crippen molar-refractivity contribution >= 4 is 5.91 Å². The largest absolute Gasteiger partial charge is 0.366 e. The molecule has 2 aromatic rings. The molecule has 2 rings (SSSR count). The molecule has 4 heteroatoms. The number of nitriles is 1. The maximum Gasteiger partial charge on any atom is 0.251 e. The summed E-state index contributed by atoms with van der Waals surface area (Å²) < 4.78 is 2.22. The number of amides is 1. The van der Waals surface area contributed by atoms with Crippen LogP contribution in [0, 0.1) is 18.3 Å². The monoisotopic (exact) mass is 309 g/mol. The highest BCUT2D eigenvalue weighted by molar-refractivity contribution is 6.02. The van der Waals surface area contributed by atoms with E-state index in [0.29, 0.717) is 11.1 Å². The topological polar surface area (TPSA) is 71.8 Å². The first-order valence-electron chi connectivity index (χ1n) is 8.07. The highest BCUT2D eigenvalue weighted by Crippen LogP contribution is 2.34. The molecule has 0 atom stereocenters. The molecule has 4 nitrogen and oxygen atoms in total. The Morgan fingerprint density at radius 1 is 1.22 bits per heavy atom. The summed E-state index contributed by atoms with van der Waals surface area (Å²) in [7, 11) is 0. The number of carbonyl (C=O) groups excluding carboxylic acids is 1. The van der Waals surface area contributed by atoms with Gasteiger partial charge in [-0.15, -0.1) is 0 Å². The Labute approximate surface area is 137 Å². The third-order valence-corrected chi connectivity index (χ3v) is 4.11. The van der Waals surface area contributed by atoms with Crippen LogP contribution in [-0.4, -0.2) is 10.5 Å². The molecule has 0 aliphatic rings. The fourth-order valence-electron chi connectivity index (χ4n) is 3.14. The molecule has 1 heterocycles. The van der Waals surface area contributed by atoms with Crippen LogP contribution in [0.5, 0.6) is 0 Å². The first-order valence-corrected chi connectivity index (χ1v) is 8.07. The van der Waals surface area contributed by atoms with Crippen molar-refractivity contribution in [2.75, 3.05) is 0 Å². The summed E-state index contributed by atoms with van der Waals surface area (Å²) in [5.74, 6) is -0.394. The van der Waals surface area contributed by atoms with Crippen molar-refractivity contribution in [3.8, 4) is 17.2 Å². The van der Waals surface area contributed by atoms with Crippen LogP contribution in [0.1, 0.15) is 54.0 Å².